The van der Waals surface area contributed by atoms with Gasteiger partial charge in [0, 0.05) is 19.4 Å². The molecular formula is C25H29N3O4. The molecule has 0 aromatic heterocycles. The van der Waals surface area contributed by atoms with Gasteiger partial charge in [0.25, 0.3) is 5.91 Å². The van der Waals surface area contributed by atoms with Crippen LogP contribution in [0.5, 0.6) is 11.5 Å². The standard InChI is InChI=1S/C25H29N3O4/c1-15(2)25(30)27(5)13-24(29)28-21(19-8-9-22-23(11-19)32-14-31-22)12-20(26-28)18-7-6-16(3)17(4)10-18/h6-11,15,21H,12-14H2,1-5H3/t21-/m0/s1. The van der Waals surface area contributed by atoms with Crippen LogP contribution in [0.25, 0.3) is 0 Å². The Morgan fingerprint density at radius 2 is 1.84 bits per heavy atom. The number of rotatable bonds is 5. The lowest BCUT2D eigenvalue weighted by Crippen LogP contribution is -2.40. The summed E-state index contributed by atoms with van der Waals surface area (Å²) < 4.78 is 11.0. The van der Waals surface area contributed by atoms with Crippen molar-refractivity contribution in [3.8, 4) is 11.5 Å². The molecule has 0 radical (unpaired) electrons. The highest BCUT2D eigenvalue weighted by Gasteiger charge is 2.35. The number of benzene rings is 2. The van der Waals surface area contributed by atoms with Crippen LogP contribution in [0.2, 0.25) is 0 Å². The van der Waals surface area contributed by atoms with Crippen molar-refractivity contribution in [3.63, 3.8) is 0 Å². The topological polar surface area (TPSA) is 71.4 Å². The quantitative estimate of drug-likeness (QED) is 0.716. The first-order chi connectivity index (χ1) is 15.2. The minimum Gasteiger partial charge on any atom is -0.454 e. The van der Waals surface area contributed by atoms with Gasteiger partial charge in [-0.15, -0.1) is 0 Å². The van der Waals surface area contributed by atoms with E-state index >= 15 is 0 Å². The average molecular weight is 436 g/mol. The number of hydrogen-bond acceptors (Lipinski definition) is 5. The van der Waals surface area contributed by atoms with Crippen molar-refractivity contribution in [2.24, 2.45) is 11.0 Å². The fourth-order valence-corrected chi connectivity index (χ4v) is 4.01. The summed E-state index contributed by atoms with van der Waals surface area (Å²) in [5.41, 5.74) is 5.16. The van der Waals surface area contributed by atoms with E-state index in [1.54, 1.807) is 7.05 Å². The van der Waals surface area contributed by atoms with E-state index in [0.29, 0.717) is 17.9 Å². The van der Waals surface area contributed by atoms with E-state index < -0.39 is 0 Å². The molecule has 0 fully saturated rings. The molecular weight excluding hydrogens is 406 g/mol. The van der Waals surface area contributed by atoms with Crippen LogP contribution in [-0.4, -0.2) is 47.8 Å². The SMILES string of the molecule is Cc1ccc(C2=NN(C(=O)CN(C)C(=O)C(C)C)[C@H](c3ccc4c(c3)OCO4)C2)cc1C. The molecule has 2 heterocycles. The average Bonchev–Trinajstić information content (AvgIpc) is 3.41. The second kappa shape index (κ2) is 8.65. The number of carbonyl (C=O) groups excluding carboxylic acids is 2. The van der Waals surface area contributed by atoms with Gasteiger partial charge in [-0.1, -0.05) is 32.0 Å². The second-order valence-electron chi connectivity index (χ2n) is 8.77. The number of amides is 2. The van der Waals surface area contributed by atoms with Gasteiger partial charge in [0.15, 0.2) is 11.5 Å². The summed E-state index contributed by atoms with van der Waals surface area (Å²) in [5.74, 6) is 0.896. The molecule has 168 valence electrons. The third-order valence-corrected chi connectivity index (χ3v) is 6.03. The molecule has 2 aliphatic heterocycles. The van der Waals surface area contributed by atoms with Gasteiger partial charge in [-0.25, -0.2) is 5.01 Å². The molecule has 32 heavy (non-hydrogen) atoms. The predicted molar refractivity (Wildman–Crippen MR) is 122 cm³/mol. The van der Waals surface area contributed by atoms with Crippen molar-refractivity contribution in [3.05, 3.63) is 58.7 Å². The van der Waals surface area contributed by atoms with Gasteiger partial charge in [-0.2, -0.15) is 5.10 Å². The minimum atomic E-state index is -0.281. The van der Waals surface area contributed by atoms with Crippen molar-refractivity contribution in [2.45, 2.75) is 40.2 Å². The van der Waals surface area contributed by atoms with E-state index in [4.69, 9.17) is 14.6 Å². The van der Waals surface area contributed by atoms with Crippen LogP contribution in [0.15, 0.2) is 41.5 Å². The van der Waals surface area contributed by atoms with E-state index in [9.17, 15) is 9.59 Å². The van der Waals surface area contributed by atoms with Crippen LogP contribution in [0.1, 0.15) is 48.6 Å². The maximum Gasteiger partial charge on any atom is 0.262 e. The van der Waals surface area contributed by atoms with Gasteiger partial charge in [0.1, 0.15) is 6.54 Å². The van der Waals surface area contributed by atoms with Crippen LogP contribution in [0, 0.1) is 19.8 Å². The summed E-state index contributed by atoms with van der Waals surface area (Å²) in [4.78, 5) is 27.0. The zero-order chi connectivity index (χ0) is 23.0. The molecule has 0 aliphatic carbocycles. The fraction of sp³-hybridized carbons (Fsp3) is 0.400. The second-order valence-corrected chi connectivity index (χ2v) is 8.77. The smallest absolute Gasteiger partial charge is 0.262 e. The summed E-state index contributed by atoms with van der Waals surface area (Å²) >= 11 is 0. The Kier molecular flexibility index (Phi) is 5.91. The molecule has 7 heteroatoms. The van der Waals surface area contributed by atoms with E-state index in [1.807, 2.05) is 38.1 Å². The van der Waals surface area contributed by atoms with Crippen molar-refractivity contribution in [1.29, 1.82) is 0 Å². The molecule has 2 aromatic carbocycles. The van der Waals surface area contributed by atoms with E-state index in [0.717, 1.165) is 16.8 Å². The normalized spacial score (nSPS) is 17.0. The van der Waals surface area contributed by atoms with Crippen molar-refractivity contribution in [1.82, 2.24) is 9.91 Å². The van der Waals surface area contributed by atoms with Crippen LogP contribution in [-0.2, 0) is 9.59 Å². The lowest BCUT2D eigenvalue weighted by Gasteiger charge is -2.25. The molecule has 2 amide bonds. The third-order valence-electron chi connectivity index (χ3n) is 6.03. The number of nitrogens with zero attached hydrogens (tertiary/aromatic N) is 3. The van der Waals surface area contributed by atoms with Gasteiger partial charge < -0.3 is 14.4 Å². The zero-order valence-corrected chi connectivity index (χ0v) is 19.2. The Morgan fingerprint density at radius 1 is 1.09 bits per heavy atom. The highest BCUT2D eigenvalue weighted by molar-refractivity contribution is 6.03. The van der Waals surface area contributed by atoms with Crippen molar-refractivity contribution < 1.29 is 19.1 Å². The Hall–Kier alpha value is -3.35. The van der Waals surface area contributed by atoms with Crippen LogP contribution in [0.3, 0.4) is 0 Å². The summed E-state index contributed by atoms with van der Waals surface area (Å²) in [6.07, 6.45) is 0.579. The number of likely N-dealkylation sites (N-methyl/N-ethyl adjacent to an activating group) is 1. The fourth-order valence-electron chi connectivity index (χ4n) is 4.01. The highest BCUT2D eigenvalue weighted by Crippen LogP contribution is 2.39. The van der Waals surface area contributed by atoms with E-state index in [-0.39, 0.29) is 37.1 Å². The largest absolute Gasteiger partial charge is 0.454 e. The molecule has 1 atom stereocenters. The minimum absolute atomic E-state index is 0.0260. The van der Waals surface area contributed by atoms with Crippen molar-refractivity contribution >= 4 is 17.5 Å². The van der Waals surface area contributed by atoms with Gasteiger partial charge in [-0.05, 0) is 54.3 Å². The van der Waals surface area contributed by atoms with Gasteiger partial charge in [0.05, 0.1) is 11.8 Å². The predicted octanol–water partition coefficient (Wildman–Crippen LogP) is 3.82. The van der Waals surface area contributed by atoms with Crippen LogP contribution < -0.4 is 9.47 Å². The number of ether oxygens (including phenoxy) is 2. The Morgan fingerprint density at radius 3 is 2.56 bits per heavy atom. The van der Waals surface area contributed by atoms with Gasteiger partial charge in [-0.3, -0.25) is 9.59 Å². The Labute approximate surface area is 188 Å². The molecule has 2 aromatic rings. The molecule has 0 bridgehead atoms. The van der Waals surface area contributed by atoms with E-state index in [1.165, 1.54) is 21.0 Å². The molecule has 0 unspecified atom stereocenters. The summed E-state index contributed by atoms with van der Waals surface area (Å²) in [7, 11) is 1.65. The summed E-state index contributed by atoms with van der Waals surface area (Å²) in [6, 6.07) is 11.7. The molecule has 0 saturated carbocycles. The van der Waals surface area contributed by atoms with Crippen LogP contribution in [0.4, 0.5) is 0 Å². The Bertz CT molecular complexity index is 1090. The first-order valence-corrected chi connectivity index (χ1v) is 10.9. The zero-order valence-electron chi connectivity index (χ0n) is 19.2. The molecule has 0 saturated heterocycles. The maximum atomic E-state index is 13.3. The molecule has 0 N–H and O–H groups in total. The van der Waals surface area contributed by atoms with E-state index in [2.05, 4.69) is 26.0 Å². The first kappa shape index (κ1) is 21.9. The molecule has 0 spiro atoms. The number of aryl methyl sites for hydroxylation is 2. The number of carbonyl (C=O) groups is 2. The summed E-state index contributed by atoms with van der Waals surface area (Å²) in [5, 5.41) is 6.25. The van der Waals surface area contributed by atoms with Crippen LogP contribution >= 0.6 is 0 Å². The molecule has 4 rings (SSSR count). The molecule has 2 aliphatic rings. The number of hydrazone groups is 1. The maximum absolute atomic E-state index is 13.3. The molecule has 7 nitrogen and oxygen atoms in total. The highest BCUT2D eigenvalue weighted by atomic mass is 16.7. The van der Waals surface area contributed by atoms with Gasteiger partial charge >= 0.3 is 0 Å². The van der Waals surface area contributed by atoms with Gasteiger partial charge in [0.2, 0.25) is 12.7 Å². The Balaban J connectivity index is 1.65. The number of hydrogen-bond donors (Lipinski definition) is 0. The first-order valence-electron chi connectivity index (χ1n) is 10.9. The lowest BCUT2D eigenvalue weighted by atomic mass is 9.96. The lowest BCUT2D eigenvalue weighted by molar-refractivity contribution is -0.142. The summed E-state index contributed by atoms with van der Waals surface area (Å²) in [6.45, 7) is 7.96. The van der Waals surface area contributed by atoms with Crippen molar-refractivity contribution in [2.75, 3.05) is 20.4 Å². The third kappa shape index (κ3) is 4.20. The number of fused-ring (bicyclic) bond motifs is 1. The monoisotopic (exact) mass is 435 g/mol.